The Morgan fingerprint density at radius 2 is 2.04 bits per heavy atom. The lowest BCUT2D eigenvalue weighted by molar-refractivity contribution is -0.137. The predicted molar refractivity (Wildman–Crippen MR) is 95.7 cm³/mol. The normalized spacial score (nSPS) is 23.0. The van der Waals surface area contributed by atoms with Crippen molar-refractivity contribution < 1.29 is 19.8 Å². The fourth-order valence-electron chi connectivity index (χ4n) is 3.28. The van der Waals surface area contributed by atoms with E-state index < -0.39 is 12.1 Å². The summed E-state index contributed by atoms with van der Waals surface area (Å²) in [6.45, 7) is 4.23. The molecule has 0 bridgehead atoms. The first-order chi connectivity index (χ1) is 11.5. The summed E-state index contributed by atoms with van der Waals surface area (Å²) < 4.78 is 0. The van der Waals surface area contributed by atoms with Gasteiger partial charge in [-0.1, -0.05) is 51.3 Å². The van der Waals surface area contributed by atoms with Gasteiger partial charge in [-0.2, -0.15) is 0 Å². The van der Waals surface area contributed by atoms with Gasteiger partial charge < -0.3 is 10.2 Å². The number of ketones is 1. The highest BCUT2D eigenvalue weighted by Gasteiger charge is 2.36. The number of hydrogen-bond donors (Lipinski definition) is 2. The molecular formula is C20H32O4. The van der Waals surface area contributed by atoms with Crippen LogP contribution in [0.4, 0.5) is 0 Å². The molecular weight excluding hydrogens is 304 g/mol. The SMILES string of the molecule is CCCCCC(C)C(O)[C@H]1C=CC(=O)[C@@H]1CC=CCCCC(=O)O. The van der Waals surface area contributed by atoms with Crippen LogP contribution in [-0.4, -0.2) is 28.1 Å². The second-order valence-corrected chi connectivity index (χ2v) is 6.90. The van der Waals surface area contributed by atoms with Crippen LogP contribution in [0.1, 0.15) is 65.2 Å². The van der Waals surface area contributed by atoms with Crippen molar-refractivity contribution in [3.63, 3.8) is 0 Å². The first kappa shape index (κ1) is 20.6. The molecule has 2 N–H and O–H groups in total. The number of aliphatic carboxylic acids is 1. The highest BCUT2D eigenvalue weighted by atomic mass is 16.4. The Labute approximate surface area is 145 Å². The standard InChI is InChI=1S/C20H32O4/c1-3-4-7-10-15(2)20(24)17-13-14-18(21)16(17)11-8-5-6-9-12-19(22)23/h5,8,13-17,20,24H,3-4,6-7,9-12H2,1-2H3,(H,22,23)/t15?,16-,17+,20?/m1/s1. The summed E-state index contributed by atoms with van der Waals surface area (Å²) in [5, 5.41) is 19.2. The number of allylic oxidation sites excluding steroid dienone is 3. The van der Waals surface area contributed by atoms with E-state index in [-0.39, 0.29) is 30.0 Å². The molecule has 0 spiro atoms. The molecule has 0 saturated heterocycles. The summed E-state index contributed by atoms with van der Waals surface area (Å²) in [6.07, 6.45) is 13.5. The minimum Gasteiger partial charge on any atom is -0.481 e. The van der Waals surface area contributed by atoms with Gasteiger partial charge in [-0.05, 0) is 37.7 Å². The van der Waals surface area contributed by atoms with Gasteiger partial charge in [-0.25, -0.2) is 0 Å². The molecule has 0 aliphatic heterocycles. The minimum absolute atomic E-state index is 0.0926. The van der Waals surface area contributed by atoms with Gasteiger partial charge in [0, 0.05) is 18.3 Å². The molecule has 2 unspecified atom stereocenters. The number of rotatable bonds is 12. The van der Waals surface area contributed by atoms with Crippen molar-refractivity contribution in [3.8, 4) is 0 Å². The third kappa shape index (κ3) is 7.00. The number of carbonyl (C=O) groups is 2. The third-order valence-electron chi connectivity index (χ3n) is 4.87. The van der Waals surface area contributed by atoms with Gasteiger partial charge in [-0.3, -0.25) is 9.59 Å². The van der Waals surface area contributed by atoms with E-state index in [0.717, 1.165) is 12.8 Å². The van der Waals surface area contributed by atoms with Gasteiger partial charge in [0.1, 0.15) is 0 Å². The molecule has 0 aromatic carbocycles. The van der Waals surface area contributed by atoms with Gasteiger partial charge in [-0.15, -0.1) is 0 Å². The number of aliphatic hydroxyl groups excluding tert-OH is 1. The minimum atomic E-state index is -0.779. The van der Waals surface area contributed by atoms with E-state index in [1.165, 1.54) is 12.8 Å². The number of unbranched alkanes of at least 4 members (excludes halogenated alkanes) is 3. The molecule has 0 radical (unpaired) electrons. The van der Waals surface area contributed by atoms with Crippen molar-refractivity contribution in [1.29, 1.82) is 0 Å². The molecule has 0 fully saturated rings. The maximum absolute atomic E-state index is 12.1. The molecule has 4 heteroatoms. The predicted octanol–water partition coefficient (Wildman–Crippen LogP) is 4.14. The lowest BCUT2D eigenvalue weighted by Gasteiger charge is -2.27. The molecule has 1 aliphatic carbocycles. The molecule has 1 rings (SSSR count). The Balaban J connectivity index is 2.45. The van der Waals surface area contributed by atoms with Crippen LogP contribution in [0.3, 0.4) is 0 Å². The van der Waals surface area contributed by atoms with Gasteiger partial charge in [0.15, 0.2) is 5.78 Å². The first-order valence-electron chi connectivity index (χ1n) is 9.24. The van der Waals surface area contributed by atoms with E-state index in [9.17, 15) is 14.7 Å². The maximum Gasteiger partial charge on any atom is 0.303 e. The molecule has 0 aromatic heterocycles. The summed E-state index contributed by atoms with van der Waals surface area (Å²) in [7, 11) is 0. The zero-order valence-corrected chi connectivity index (χ0v) is 15.0. The Morgan fingerprint density at radius 1 is 1.29 bits per heavy atom. The summed E-state index contributed by atoms with van der Waals surface area (Å²) >= 11 is 0. The Bertz CT molecular complexity index is 453. The van der Waals surface area contributed by atoms with E-state index >= 15 is 0 Å². The Hall–Kier alpha value is -1.42. The van der Waals surface area contributed by atoms with Crippen LogP contribution in [-0.2, 0) is 9.59 Å². The quantitative estimate of drug-likeness (QED) is 0.415. The highest BCUT2D eigenvalue weighted by Crippen LogP contribution is 2.33. The smallest absolute Gasteiger partial charge is 0.303 e. The zero-order valence-electron chi connectivity index (χ0n) is 15.0. The maximum atomic E-state index is 12.1. The lowest BCUT2D eigenvalue weighted by atomic mass is 9.81. The van der Waals surface area contributed by atoms with Crippen LogP contribution in [0.5, 0.6) is 0 Å². The van der Waals surface area contributed by atoms with Crippen LogP contribution in [0.2, 0.25) is 0 Å². The van der Waals surface area contributed by atoms with E-state index in [2.05, 4.69) is 13.8 Å². The first-order valence-corrected chi connectivity index (χ1v) is 9.24. The molecule has 0 saturated carbocycles. The fourth-order valence-corrected chi connectivity index (χ4v) is 3.28. The van der Waals surface area contributed by atoms with Crippen molar-refractivity contribution in [2.45, 2.75) is 71.3 Å². The average Bonchev–Trinajstić information content (AvgIpc) is 2.90. The van der Waals surface area contributed by atoms with Crippen molar-refractivity contribution in [2.24, 2.45) is 17.8 Å². The number of carbonyl (C=O) groups excluding carboxylic acids is 1. The molecule has 1 aliphatic rings. The summed E-state index contributed by atoms with van der Waals surface area (Å²) in [4.78, 5) is 22.5. The van der Waals surface area contributed by atoms with Crippen molar-refractivity contribution in [1.82, 2.24) is 0 Å². The van der Waals surface area contributed by atoms with Gasteiger partial charge in [0.2, 0.25) is 0 Å². The van der Waals surface area contributed by atoms with Gasteiger partial charge in [0.05, 0.1) is 6.10 Å². The molecule has 0 heterocycles. The zero-order chi connectivity index (χ0) is 17.9. The average molecular weight is 336 g/mol. The summed E-state index contributed by atoms with van der Waals surface area (Å²) in [5.74, 6) is -0.768. The largest absolute Gasteiger partial charge is 0.481 e. The summed E-state index contributed by atoms with van der Waals surface area (Å²) in [5.41, 5.74) is 0. The van der Waals surface area contributed by atoms with Crippen LogP contribution < -0.4 is 0 Å². The van der Waals surface area contributed by atoms with Crippen LogP contribution in [0, 0.1) is 17.8 Å². The molecule has 0 amide bonds. The van der Waals surface area contributed by atoms with E-state index in [1.54, 1.807) is 6.08 Å². The third-order valence-corrected chi connectivity index (χ3v) is 4.87. The van der Waals surface area contributed by atoms with Crippen LogP contribution in [0.25, 0.3) is 0 Å². The van der Waals surface area contributed by atoms with E-state index in [0.29, 0.717) is 19.3 Å². The number of carboxylic acids is 1. The second kappa shape index (κ2) is 11.2. The number of carboxylic acid groups (broad SMARTS) is 1. The number of aliphatic hydroxyl groups is 1. The molecule has 4 nitrogen and oxygen atoms in total. The highest BCUT2D eigenvalue weighted by molar-refractivity contribution is 5.94. The van der Waals surface area contributed by atoms with E-state index in [1.807, 2.05) is 18.2 Å². The molecule has 4 atom stereocenters. The van der Waals surface area contributed by atoms with Crippen LogP contribution >= 0.6 is 0 Å². The van der Waals surface area contributed by atoms with Gasteiger partial charge in [0.25, 0.3) is 0 Å². The Morgan fingerprint density at radius 3 is 2.71 bits per heavy atom. The van der Waals surface area contributed by atoms with Gasteiger partial charge >= 0.3 is 5.97 Å². The van der Waals surface area contributed by atoms with Crippen molar-refractivity contribution in [2.75, 3.05) is 0 Å². The summed E-state index contributed by atoms with van der Waals surface area (Å²) in [6, 6.07) is 0. The monoisotopic (exact) mass is 336 g/mol. The van der Waals surface area contributed by atoms with Crippen molar-refractivity contribution in [3.05, 3.63) is 24.3 Å². The second-order valence-electron chi connectivity index (χ2n) is 6.90. The van der Waals surface area contributed by atoms with E-state index in [4.69, 9.17) is 5.11 Å². The molecule has 0 aromatic rings. The molecule has 24 heavy (non-hydrogen) atoms. The fraction of sp³-hybridized carbons (Fsp3) is 0.700. The van der Waals surface area contributed by atoms with Crippen molar-refractivity contribution >= 4 is 11.8 Å². The van der Waals surface area contributed by atoms with Crippen LogP contribution in [0.15, 0.2) is 24.3 Å². The lowest BCUT2D eigenvalue weighted by Crippen LogP contribution is -2.32. The number of hydrogen-bond acceptors (Lipinski definition) is 3. The topological polar surface area (TPSA) is 74.6 Å². The Kier molecular flexibility index (Phi) is 9.62. The molecule has 136 valence electrons.